The first-order valence-electron chi connectivity index (χ1n) is 8.42. The van der Waals surface area contributed by atoms with Crippen LogP contribution in [-0.4, -0.2) is 23.7 Å². The molecule has 1 aliphatic rings. The van der Waals surface area contributed by atoms with Gasteiger partial charge in [0, 0.05) is 10.6 Å². The van der Waals surface area contributed by atoms with Crippen LogP contribution in [0.5, 0.6) is 0 Å². The lowest BCUT2D eigenvalue weighted by Gasteiger charge is -2.14. The Morgan fingerprint density at radius 1 is 1.12 bits per heavy atom. The van der Waals surface area contributed by atoms with E-state index in [1.807, 2.05) is 42.5 Å². The summed E-state index contributed by atoms with van der Waals surface area (Å²) >= 11 is 1.39. The highest BCUT2D eigenvalue weighted by Crippen LogP contribution is 2.25. The molecule has 25 heavy (non-hydrogen) atoms. The van der Waals surface area contributed by atoms with Crippen LogP contribution in [0.2, 0.25) is 0 Å². The van der Waals surface area contributed by atoms with Gasteiger partial charge < -0.3 is 10.1 Å². The number of thioether (sulfide) groups is 1. The van der Waals surface area contributed by atoms with Crippen LogP contribution in [0, 0.1) is 0 Å². The van der Waals surface area contributed by atoms with Crippen LogP contribution < -0.4 is 5.32 Å². The number of benzene rings is 2. The first-order chi connectivity index (χ1) is 12.1. The van der Waals surface area contributed by atoms with E-state index in [1.54, 1.807) is 6.92 Å². The number of hydrogen-bond acceptors (Lipinski definition) is 4. The molecule has 1 atom stereocenters. The average molecular weight is 355 g/mol. The third kappa shape index (κ3) is 4.86. The smallest absolute Gasteiger partial charge is 0.317 e. The summed E-state index contributed by atoms with van der Waals surface area (Å²) in [5, 5.41) is 2.83. The molecule has 0 fully saturated rings. The minimum Gasteiger partial charge on any atom is -0.452 e. The van der Waals surface area contributed by atoms with Crippen molar-refractivity contribution in [3.05, 3.63) is 59.7 Å². The molecule has 0 aromatic heterocycles. The van der Waals surface area contributed by atoms with Crippen molar-refractivity contribution in [3.8, 4) is 0 Å². The zero-order valence-corrected chi connectivity index (χ0v) is 15.0. The number of anilines is 1. The van der Waals surface area contributed by atoms with Gasteiger partial charge in [-0.15, -0.1) is 11.8 Å². The zero-order valence-electron chi connectivity index (χ0n) is 14.2. The lowest BCUT2D eigenvalue weighted by atomic mass is 10.1. The molecule has 0 saturated heterocycles. The van der Waals surface area contributed by atoms with Crippen LogP contribution in [0.15, 0.2) is 53.4 Å². The number of esters is 1. The molecule has 1 aliphatic carbocycles. The monoisotopic (exact) mass is 355 g/mol. The highest BCUT2D eigenvalue weighted by Gasteiger charge is 2.19. The highest BCUT2D eigenvalue weighted by atomic mass is 32.2. The number of carbonyl (C=O) groups is 2. The molecular weight excluding hydrogens is 334 g/mol. The van der Waals surface area contributed by atoms with E-state index in [-0.39, 0.29) is 11.7 Å². The zero-order chi connectivity index (χ0) is 17.6. The van der Waals surface area contributed by atoms with Crippen molar-refractivity contribution in [1.29, 1.82) is 0 Å². The van der Waals surface area contributed by atoms with Crippen molar-refractivity contribution >= 4 is 29.3 Å². The quantitative estimate of drug-likeness (QED) is 0.632. The number of amides is 1. The Morgan fingerprint density at radius 2 is 1.88 bits per heavy atom. The molecule has 5 heteroatoms. The fourth-order valence-electron chi connectivity index (χ4n) is 2.84. The molecule has 0 bridgehead atoms. The van der Waals surface area contributed by atoms with Crippen LogP contribution in [-0.2, 0) is 27.2 Å². The number of fused-ring (bicyclic) bond motifs is 1. The van der Waals surface area contributed by atoms with Gasteiger partial charge in [0.15, 0.2) is 6.10 Å². The van der Waals surface area contributed by atoms with Crippen molar-refractivity contribution < 1.29 is 14.3 Å². The molecule has 0 radical (unpaired) electrons. The highest BCUT2D eigenvalue weighted by molar-refractivity contribution is 8.00. The minimum atomic E-state index is -0.822. The predicted molar refractivity (Wildman–Crippen MR) is 99.8 cm³/mol. The van der Waals surface area contributed by atoms with Gasteiger partial charge in [0.1, 0.15) is 0 Å². The van der Waals surface area contributed by atoms with Crippen LogP contribution in [0.1, 0.15) is 24.5 Å². The molecule has 4 nitrogen and oxygen atoms in total. The second-order valence-electron chi connectivity index (χ2n) is 6.06. The van der Waals surface area contributed by atoms with E-state index in [1.165, 1.54) is 29.3 Å². The molecule has 0 aliphatic heterocycles. The Balaban J connectivity index is 1.48. The third-order valence-corrected chi connectivity index (χ3v) is 5.13. The number of rotatable bonds is 6. The number of nitrogens with one attached hydrogen (secondary N) is 1. The number of hydrogen-bond donors (Lipinski definition) is 1. The maximum atomic E-state index is 12.2. The number of aryl methyl sites for hydroxylation is 2. The van der Waals surface area contributed by atoms with Crippen LogP contribution in [0.3, 0.4) is 0 Å². The lowest BCUT2D eigenvalue weighted by molar-refractivity contribution is -0.150. The van der Waals surface area contributed by atoms with E-state index in [9.17, 15) is 9.59 Å². The molecule has 1 amide bonds. The summed E-state index contributed by atoms with van der Waals surface area (Å²) in [4.78, 5) is 25.1. The van der Waals surface area contributed by atoms with Crippen molar-refractivity contribution in [2.45, 2.75) is 37.2 Å². The van der Waals surface area contributed by atoms with E-state index >= 15 is 0 Å². The second kappa shape index (κ2) is 8.21. The number of ether oxygens (including phenoxy) is 1. The molecule has 0 heterocycles. The molecule has 1 N–H and O–H groups in total. The molecule has 0 saturated carbocycles. The van der Waals surface area contributed by atoms with Crippen LogP contribution in [0.4, 0.5) is 5.69 Å². The summed E-state index contributed by atoms with van der Waals surface area (Å²) in [5.41, 5.74) is 3.41. The fraction of sp³-hybridized carbons (Fsp3) is 0.300. The normalized spacial score (nSPS) is 13.8. The van der Waals surface area contributed by atoms with Gasteiger partial charge in [-0.1, -0.05) is 24.3 Å². The Morgan fingerprint density at radius 3 is 2.68 bits per heavy atom. The fourth-order valence-corrected chi connectivity index (χ4v) is 3.54. The minimum absolute atomic E-state index is 0.181. The Labute approximate surface area is 152 Å². The van der Waals surface area contributed by atoms with E-state index in [0.29, 0.717) is 0 Å². The van der Waals surface area contributed by atoms with Crippen molar-refractivity contribution in [2.75, 3.05) is 11.1 Å². The van der Waals surface area contributed by atoms with E-state index in [2.05, 4.69) is 11.4 Å². The largest absolute Gasteiger partial charge is 0.452 e. The first kappa shape index (κ1) is 17.5. The first-order valence-corrected chi connectivity index (χ1v) is 9.40. The van der Waals surface area contributed by atoms with E-state index in [4.69, 9.17) is 4.74 Å². The Kier molecular flexibility index (Phi) is 5.76. The van der Waals surface area contributed by atoms with E-state index in [0.717, 1.165) is 23.4 Å². The molecular formula is C20H21NO3S. The lowest BCUT2D eigenvalue weighted by Crippen LogP contribution is -2.30. The predicted octanol–water partition coefficient (Wildman–Crippen LogP) is 3.84. The van der Waals surface area contributed by atoms with Crippen LogP contribution >= 0.6 is 11.8 Å². The molecule has 130 valence electrons. The molecule has 2 aromatic rings. The summed E-state index contributed by atoms with van der Waals surface area (Å²) in [6, 6.07) is 15.6. The molecule has 3 rings (SSSR count). The standard InChI is InChI=1S/C20H21NO3S/c1-14(24-19(22)13-25-18-8-3-2-4-9-18)20(23)21-17-11-10-15-6-5-7-16(15)12-17/h2-4,8-12,14H,5-7,13H2,1H3,(H,21,23)/t14-/m1/s1. The second-order valence-corrected chi connectivity index (χ2v) is 7.11. The van der Waals surface area contributed by atoms with Crippen molar-refractivity contribution in [2.24, 2.45) is 0 Å². The summed E-state index contributed by atoms with van der Waals surface area (Å²) < 4.78 is 5.23. The maximum Gasteiger partial charge on any atom is 0.317 e. The summed E-state index contributed by atoms with van der Waals surface area (Å²) in [6.45, 7) is 1.59. The average Bonchev–Trinajstić information content (AvgIpc) is 3.08. The Bertz CT molecular complexity index is 761. The molecule has 2 aromatic carbocycles. The summed E-state index contributed by atoms with van der Waals surface area (Å²) in [7, 11) is 0. The topological polar surface area (TPSA) is 55.4 Å². The Hall–Kier alpha value is -2.27. The van der Waals surface area contributed by atoms with E-state index < -0.39 is 12.1 Å². The van der Waals surface area contributed by atoms with Gasteiger partial charge in [-0.3, -0.25) is 9.59 Å². The van der Waals surface area contributed by atoms with Gasteiger partial charge in [0.25, 0.3) is 5.91 Å². The van der Waals surface area contributed by atoms with Gasteiger partial charge >= 0.3 is 5.97 Å². The van der Waals surface area contributed by atoms with Crippen molar-refractivity contribution in [1.82, 2.24) is 0 Å². The van der Waals surface area contributed by atoms with Crippen molar-refractivity contribution in [3.63, 3.8) is 0 Å². The van der Waals surface area contributed by atoms with Gasteiger partial charge in [-0.25, -0.2) is 0 Å². The SMILES string of the molecule is C[C@@H](OC(=O)CSc1ccccc1)C(=O)Nc1ccc2c(c1)CCC2. The van der Waals surface area contributed by atoms with Crippen LogP contribution in [0.25, 0.3) is 0 Å². The third-order valence-electron chi connectivity index (χ3n) is 4.14. The summed E-state index contributed by atoms with van der Waals surface area (Å²) in [5.74, 6) is -0.526. The molecule has 0 spiro atoms. The van der Waals surface area contributed by atoms with Gasteiger partial charge in [0.2, 0.25) is 0 Å². The number of carbonyl (C=O) groups excluding carboxylic acids is 2. The summed E-state index contributed by atoms with van der Waals surface area (Å²) in [6.07, 6.45) is 2.51. The van der Waals surface area contributed by atoms with Gasteiger partial charge in [-0.2, -0.15) is 0 Å². The maximum absolute atomic E-state index is 12.2. The van der Waals surface area contributed by atoms with Gasteiger partial charge in [-0.05, 0) is 61.6 Å². The molecule has 0 unspecified atom stereocenters. The van der Waals surface area contributed by atoms with Gasteiger partial charge in [0.05, 0.1) is 5.75 Å².